The lowest BCUT2D eigenvalue weighted by molar-refractivity contribution is -0.108. The first kappa shape index (κ1) is 15.3. The molecule has 4 nitrogen and oxygen atoms in total. The highest BCUT2D eigenvalue weighted by atomic mass is 32.1. The summed E-state index contributed by atoms with van der Waals surface area (Å²) in [7, 11) is 0. The summed E-state index contributed by atoms with van der Waals surface area (Å²) in [6, 6.07) is 9.07. The highest BCUT2D eigenvalue weighted by Crippen LogP contribution is 2.53. The van der Waals surface area contributed by atoms with Gasteiger partial charge in [0.15, 0.2) is 0 Å². The molecule has 0 spiro atoms. The van der Waals surface area contributed by atoms with Crippen molar-refractivity contribution in [1.82, 2.24) is 0 Å². The molecule has 1 aliphatic heterocycles. The third kappa shape index (κ3) is 2.70. The first-order valence-electron chi connectivity index (χ1n) is 7.60. The molecule has 0 amide bonds. The summed E-state index contributed by atoms with van der Waals surface area (Å²) in [4.78, 5) is 12.2. The van der Waals surface area contributed by atoms with E-state index in [0.29, 0.717) is 12.2 Å². The van der Waals surface area contributed by atoms with Crippen LogP contribution in [-0.2, 0) is 14.2 Å². The molecule has 1 saturated carbocycles. The van der Waals surface area contributed by atoms with Crippen molar-refractivity contribution >= 4 is 23.4 Å². The van der Waals surface area contributed by atoms with E-state index in [9.17, 15) is 4.79 Å². The highest BCUT2D eigenvalue weighted by molar-refractivity contribution is 7.79. The van der Waals surface area contributed by atoms with Gasteiger partial charge < -0.3 is 14.2 Å². The van der Waals surface area contributed by atoms with E-state index in [1.807, 2.05) is 25.1 Å². The maximum absolute atomic E-state index is 12.2. The summed E-state index contributed by atoms with van der Waals surface area (Å²) in [6.07, 6.45) is 1.84. The van der Waals surface area contributed by atoms with E-state index in [0.717, 1.165) is 12.8 Å². The van der Waals surface area contributed by atoms with Gasteiger partial charge in [-0.1, -0.05) is 25.1 Å². The van der Waals surface area contributed by atoms with E-state index in [-0.39, 0.29) is 34.7 Å². The Hall–Kier alpha value is -1.62. The number of esters is 1. The quantitative estimate of drug-likeness (QED) is 0.629. The van der Waals surface area contributed by atoms with Gasteiger partial charge in [-0.3, -0.25) is 0 Å². The van der Waals surface area contributed by atoms with Crippen LogP contribution in [0.5, 0.6) is 0 Å². The second kappa shape index (κ2) is 5.88. The zero-order chi connectivity index (χ0) is 15.7. The standard InChI is InChI=1S/C17H20O4S/c1-11(20-15(18)12-6-4-3-5-7-12)13-8-9-17(13,2)14-10-19-16(22)21-14/h3-7,11,13-14H,8-10H2,1-2H3/t11-,13+,14-,17+/m1/s1. The Morgan fingerprint density at radius 3 is 2.68 bits per heavy atom. The van der Waals surface area contributed by atoms with Gasteiger partial charge in [-0.25, -0.2) is 4.79 Å². The SMILES string of the molecule is C[C@@H](OC(=O)c1ccccc1)[C@@H]1CC[C@]1(C)[C@H]1COC(=S)O1. The van der Waals surface area contributed by atoms with Gasteiger partial charge in [0.1, 0.15) is 18.8 Å². The van der Waals surface area contributed by atoms with Crippen molar-refractivity contribution in [2.45, 2.75) is 38.9 Å². The van der Waals surface area contributed by atoms with E-state index in [1.54, 1.807) is 12.1 Å². The maximum Gasteiger partial charge on any atom is 0.352 e. The van der Waals surface area contributed by atoms with Crippen molar-refractivity contribution in [2.75, 3.05) is 6.61 Å². The molecule has 1 heterocycles. The summed E-state index contributed by atoms with van der Waals surface area (Å²) in [5.41, 5.74) is 0.522. The van der Waals surface area contributed by atoms with Crippen molar-refractivity contribution in [1.29, 1.82) is 0 Å². The Morgan fingerprint density at radius 2 is 2.14 bits per heavy atom. The molecular formula is C17H20O4S. The molecule has 118 valence electrons. The van der Waals surface area contributed by atoms with E-state index < -0.39 is 0 Å². The number of hydrogen-bond acceptors (Lipinski definition) is 5. The van der Waals surface area contributed by atoms with Crippen molar-refractivity contribution in [3.63, 3.8) is 0 Å². The summed E-state index contributed by atoms with van der Waals surface area (Å²) in [6.45, 7) is 4.61. The molecule has 5 heteroatoms. The van der Waals surface area contributed by atoms with E-state index in [4.69, 9.17) is 26.4 Å². The first-order valence-corrected chi connectivity index (χ1v) is 8.01. The number of ether oxygens (including phenoxy) is 3. The minimum atomic E-state index is -0.276. The van der Waals surface area contributed by atoms with Crippen molar-refractivity contribution < 1.29 is 19.0 Å². The lowest BCUT2D eigenvalue weighted by atomic mass is 9.56. The van der Waals surface area contributed by atoms with Crippen LogP contribution in [0.1, 0.15) is 37.0 Å². The normalized spacial score (nSPS) is 31.6. The Bertz CT molecular complexity index is 573. The van der Waals surface area contributed by atoms with Crippen molar-refractivity contribution in [3.05, 3.63) is 35.9 Å². The van der Waals surface area contributed by atoms with Crippen molar-refractivity contribution in [3.8, 4) is 0 Å². The number of thiocarbonyl (C=S) groups is 1. The molecule has 0 radical (unpaired) electrons. The Kier molecular flexibility index (Phi) is 4.08. The number of rotatable bonds is 4. The summed E-state index contributed by atoms with van der Waals surface area (Å²) in [5.74, 6) is -0.0175. The molecule has 22 heavy (non-hydrogen) atoms. The lowest BCUT2D eigenvalue weighted by Gasteiger charge is -2.51. The van der Waals surface area contributed by atoms with Gasteiger partial charge in [-0.2, -0.15) is 0 Å². The third-order valence-corrected chi connectivity index (χ3v) is 5.25. The third-order valence-electron chi connectivity index (χ3n) is 5.04. The average molecular weight is 320 g/mol. The van der Waals surface area contributed by atoms with Crippen LogP contribution in [0.3, 0.4) is 0 Å². The molecule has 2 aliphatic rings. The molecule has 0 N–H and O–H groups in total. The first-order chi connectivity index (χ1) is 10.5. The molecule has 0 aromatic heterocycles. The largest absolute Gasteiger partial charge is 0.459 e. The zero-order valence-corrected chi connectivity index (χ0v) is 13.6. The number of hydrogen-bond donors (Lipinski definition) is 0. The summed E-state index contributed by atoms with van der Waals surface area (Å²) < 4.78 is 16.5. The molecule has 3 rings (SSSR count). The van der Waals surface area contributed by atoms with Crippen LogP contribution in [0.2, 0.25) is 0 Å². The van der Waals surface area contributed by atoms with Crippen LogP contribution in [0.25, 0.3) is 0 Å². The predicted molar refractivity (Wildman–Crippen MR) is 85.6 cm³/mol. The van der Waals surface area contributed by atoms with Crippen LogP contribution in [0.4, 0.5) is 0 Å². The zero-order valence-electron chi connectivity index (χ0n) is 12.8. The smallest absolute Gasteiger partial charge is 0.352 e. The maximum atomic E-state index is 12.2. The average Bonchev–Trinajstić information content (AvgIpc) is 2.93. The molecular weight excluding hydrogens is 300 g/mol. The van der Waals surface area contributed by atoms with Gasteiger partial charge in [-0.15, -0.1) is 0 Å². The van der Waals surface area contributed by atoms with Gasteiger partial charge in [-0.05, 0) is 31.9 Å². The minimum Gasteiger partial charge on any atom is -0.459 e. The number of carbonyl (C=O) groups is 1. The molecule has 1 aromatic carbocycles. The van der Waals surface area contributed by atoms with E-state index in [2.05, 4.69) is 6.92 Å². The molecule has 0 unspecified atom stereocenters. The van der Waals surface area contributed by atoms with Crippen molar-refractivity contribution in [2.24, 2.45) is 11.3 Å². The topological polar surface area (TPSA) is 44.8 Å². The fourth-order valence-electron chi connectivity index (χ4n) is 3.48. The van der Waals surface area contributed by atoms with Gasteiger partial charge in [0.2, 0.25) is 0 Å². The van der Waals surface area contributed by atoms with Crippen LogP contribution in [0.15, 0.2) is 30.3 Å². The van der Waals surface area contributed by atoms with Crippen LogP contribution < -0.4 is 0 Å². The van der Waals surface area contributed by atoms with E-state index >= 15 is 0 Å². The van der Waals surface area contributed by atoms with Gasteiger partial charge in [0.25, 0.3) is 0 Å². The van der Waals surface area contributed by atoms with Gasteiger partial charge in [0, 0.05) is 23.6 Å². The number of benzene rings is 1. The molecule has 4 atom stereocenters. The van der Waals surface area contributed by atoms with Gasteiger partial charge in [0.05, 0.1) is 5.56 Å². The van der Waals surface area contributed by atoms with Crippen LogP contribution in [0, 0.1) is 11.3 Å². The Balaban J connectivity index is 1.64. The van der Waals surface area contributed by atoms with Gasteiger partial charge >= 0.3 is 11.2 Å². The Labute approximate surface area is 135 Å². The second-order valence-corrected chi connectivity index (χ2v) is 6.63. The molecule has 1 aromatic rings. The van der Waals surface area contributed by atoms with Crippen LogP contribution >= 0.6 is 12.2 Å². The highest BCUT2D eigenvalue weighted by Gasteiger charge is 2.54. The Morgan fingerprint density at radius 1 is 1.41 bits per heavy atom. The predicted octanol–water partition coefficient (Wildman–Crippen LogP) is 3.35. The summed E-state index contributed by atoms with van der Waals surface area (Å²) in [5, 5.41) is 0.228. The molecule has 2 fully saturated rings. The molecule has 0 bridgehead atoms. The summed E-state index contributed by atoms with van der Waals surface area (Å²) >= 11 is 4.95. The van der Waals surface area contributed by atoms with Crippen LogP contribution in [-0.4, -0.2) is 30.0 Å². The lowest BCUT2D eigenvalue weighted by Crippen LogP contribution is -2.53. The molecule has 1 aliphatic carbocycles. The fraction of sp³-hybridized carbons (Fsp3) is 0.529. The second-order valence-electron chi connectivity index (χ2n) is 6.29. The van der Waals surface area contributed by atoms with E-state index in [1.165, 1.54) is 0 Å². The monoisotopic (exact) mass is 320 g/mol. The minimum absolute atomic E-state index is 0.0448. The molecule has 1 saturated heterocycles. The number of carbonyl (C=O) groups excluding carboxylic acids is 1. The fourth-order valence-corrected chi connectivity index (χ4v) is 3.67.